The van der Waals surface area contributed by atoms with Gasteiger partial charge in [-0.3, -0.25) is 9.59 Å². The lowest BCUT2D eigenvalue weighted by Gasteiger charge is -2.15. The number of carbonyl (C=O) groups excluding carboxylic acids is 1. The lowest BCUT2D eigenvalue weighted by Crippen LogP contribution is -2.27. The van der Waals surface area contributed by atoms with E-state index >= 15 is 0 Å². The molecule has 9 nitrogen and oxygen atoms in total. The number of carboxylic acid groups (broad SMARTS) is 1. The van der Waals surface area contributed by atoms with Gasteiger partial charge in [0.15, 0.2) is 0 Å². The number of benzene rings is 1. The van der Waals surface area contributed by atoms with E-state index < -0.39 is 11.9 Å². The van der Waals surface area contributed by atoms with Gasteiger partial charge in [-0.2, -0.15) is 5.10 Å². The molecule has 1 heterocycles. The molecule has 1 aromatic heterocycles. The highest BCUT2D eigenvalue weighted by Crippen LogP contribution is 2.27. The summed E-state index contributed by atoms with van der Waals surface area (Å²) in [5, 5.41) is 15.8. The van der Waals surface area contributed by atoms with E-state index in [-0.39, 0.29) is 41.8 Å². The predicted octanol–water partition coefficient (Wildman–Crippen LogP) is 1.63. The maximum atomic E-state index is 12.5. The van der Waals surface area contributed by atoms with Crippen LogP contribution < -0.4 is 15.6 Å². The summed E-state index contributed by atoms with van der Waals surface area (Å²) in [7, 11) is 1.49. The van der Waals surface area contributed by atoms with Crippen LogP contribution in [-0.2, 0) is 11.3 Å². The average molecular weight is 375 g/mol. The highest BCUT2D eigenvalue weighted by Gasteiger charge is 2.16. The molecule has 1 amide bonds. The Labute approximate surface area is 155 Å². The number of carbonyl (C=O) groups is 2. The standard InChI is InChI=1S/C18H21N3O6/c1-11(2)27-15-6-4-12(18(24)25)10-14(15)19-17(23)13-5-7-16(22)21(20-13)8-9-26-3/h4-7,10-11H,8-9H2,1-3H3,(H,19,23)(H,24,25). The van der Waals surface area contributed by atoms with E-state index in [2.05, 4.69) is 10.4 Å². The van der Waals surface area contributed by atoms with E-state index in [4.69, 9.17) is 14.6 Å². The van der Waals surface area contributed by atoms with Crippen LogP contribution >= 0.6 is 0 Å². The number of methoxy groups -OCH3 is 1. The first-order valence-electron chi connectivity index (χ1n) is 8.24. The molecule has 0 bridgehead atoms. The van der Waals surface area contributed by atoms with Crippen LogP contribution in [0, 0.1) is 0 Å². The minimum absolute atomic E-state index is 0.000528. The Morgan fingerprint density at radius 3 is 2.63 bits per heavy atom. The van der Waals surface area contributed by atoms with Crippen molar-refractivity contribution >= 4 is 17.6 Å². The molecule has 0 saturated heterocycles. The van der Waals surface area contributed by atoms with Crippen molar-refractivity contribution in [3.05, 3.63) is 51.9 Å². The molecular weight excluding hydrogens is 354 g/mol. The van der Waals surface area contributed by atoms with Crippen molar-refractivity contribution in [2.45, 2.75) is 26.5 Å². The van der Waals surface area contributed by atoms with E-state index in [0.717, 1.165) is 4.68 Å². The van der Waals surface area contributed by atoms with E-state index in [1.807, 2.05) is 13.8 Å². The van der Waals surface area contributed by atoms with Gasteiger partial charge in [0.25, 0.3) is 11.5 Å². The lowest BCUT2D eigenvalue weighted by molar-refractivity contribution is 0.0696. The summed E-state index contributed by atoms with van der Waals surface area (Å²) in [6, 6.07) is 6.70. The van der Waals surface area contributed by atoms with Crippen LogP contribution in [0.5, 0.6) is 5.75 Å². The minimum Gasteiger partial charge on any atom is -0.489 e. The third-order valence-electron chi connectivity index (χ3n) is 3.44. The van der Waals surface area contributed by atoms with E-state index in [9.17, 15) is 14.4 Å². The molecule has 2 N–H and O–H groups in total. The van der Waals surface area contributed by atoms with Gasteiger partial charge in [-0.25, -0.2) is 9.48 Å². The molecule has 1 aromatic carbocycles. The molecule has 9 heteroatoms. The summed E-state index contributed by atoms with van der Waals surface area (Å²) in [4.78, 5) is 35.5. The Hall–Kier alpha value is -3.20. The second kappa shape index (κ2) is 8.95. The Kier molecular flexibility index (Phi) is 6.67. The summed E-state index contributed by atoms with van der Waals surface area (Å²) < 4.78 is 11.6. The Morgan fingerprint density at radius 2 is 2.00 bits per heavy atom. The minimum atomic E-state index is -1.13. The smallest absolute Gasteiger partial charge is 0.335 e. The zero-order valence-corrected chi connectivity index (χ0v) is 15.3. The number of aromatic nitrogens is 2. The second-order valence-corrected chi connectivity index (χ2v) is 5.91. The number of carboxylic acids is 1. The van der Waals surface area contributed by atoms with Crippen LogP contribution in [0.15, 0.2) is 35.1 Å². The fourth-order valence-electron chi connectivity index (χ4n) is 2.21. The van der Waals surface area contributed by atoms with Gasteiger partial charge >= 0.3 is 5.97 Å². The fraction of sp³-hybridized carbons (Fsp3) is 0.333. The third-order valence-corrected chi connectivity index (χ3v) is 3.44. The maximum absolute atomic E-state index is 12.5. The lowest BCUT2D eigenvalue weighted by atomic mass is 10.1. The number of nitrogens with one attached hydrogen (secondary N) is 1. The van der Waals surface area contributed by atoms with Crippen molar-refractivity contribution in [2.24, 2.45) is 0 Å². The van der Waals surface area contributed by atoms with Crippen LogP contribution in [0.1, 0.15) is 34.7 Å². The maximum Gasteiger partial charge on any atom is 0.335 e. The van der Waals surface area contributed by atoms with Crippen molar-refractivity contribution in [1.29, 1.82) is 0 Å². The Balaban J connectivity index is 2.32. The second-order valence-electron chi connectivity index (χ2n) is 5.91. The van der Waals surface area contributed by atoms with Crippen molar-refractivity contribution < 1.29 is 24.2 Å². The normalized spacial score (nSPS) is 10.7. The molecule has 144 valence electrons. The van der Waals surface area contributed by atoms with E-state index in [0.29, 0.717) is 5.75 Å². The zero-order valence-electron chi connectivity index (χ0n) is 15.3. The topological polar surface area (TPSA) is 120 Å². The number of anilines is 1. The van der Waals surface area contributed by atoms with Gasteiger partial charge in [0.2, 0.25) is 0 Å². The number of nitrogens with zero attached hydrogens (tertiary/aromatic N) is 2. The van der Waals surface area contributed by atoms with Gasteiger partial charge in [0.1, 0.15) is 11.4 Å². The number of hydrogen-bond acceptors (Lipinski definition) is 6. The summed E-state index contributed by atoms with van der Waals surface area (Å²) in [6.07, 6.45) is -0.176. The first-order chi connectivity index (χ1) is 12.8. The number of hydrogen-bond donors (Lipinski definition) is 2. The van der Waals surface area contributed by atoms with Gasteiger partial charge in [0.05, 0.1) is 30.5 Å². The molecule has 27 heavy (non-hydrogen) atoms. The van der Waals surface area contributed by atoms with Gasteiger partial charge in [-0.05, 0) is 38.1 Å². The molecule has 0 aliphatic rings. The van der Waals surface area contributed by atoms with Crippen molar-refractivity contribution in [1.82, 2.24) is 9.78 Å². The number of ether oxygens (including phenoxy) is 2. The molecule has 0 spiro atoms. The molecule has 0 fully saturated rings. The van der Waals surface area contributed by atoms with Gasteiger partial charge in [0, 0.05) is 13.2 Å². The molecule has 2 rings (SSSR count). The Bertz CT molecular complexity index is 891. The van der Waals surface area contributed by atoms with Gasteiger partial charge < -0.3 is 19.9 Å². The van der Waals surface area contributed by atoms with Crippen molar-refractivity contribution in [2.75, 3.05) is 19.0 Å². The predicted molar refractivity (Wildman–Crippen MR) is 97.5 cm³/mol. The summed E-state index contributed by atoms with van der Waals surface area (Å²) in [5.41, 5.74) is -0.160. The molecule has 0 aliphatic carbocycles. The van der Waals surface area contributed by atoms with Crippen LogP contribution in [0.4, 0.5) is 5.69 Å². The van der Waals surface area contributed by atoms with E-state index in [1.54, 1.807) is 0 Å². The van der Waals surface area contributed by atoms with Crippen LogP contribution in [0.25, 0.3) is 0 Å². The summed E-state index contributed by atoms with van der Waals surface area (Å²) in [5.74, 6) is -1.40. The highest BCUT2D eigenvalue weighted by atomic mass is 16.5. The Morgan fingerprint density at radius 1 is 1.26 bits per heavy atom. The zero-order chi connectivity index (χ0) is 20.0. The molecule has 0 atom stereocenters. The van der Waals surface area contributed by atoms with Crippen molar-refractivity contribution in [3.63, 3.8) is 0 Å². The molecule has 0 aliphatic heterocycles. The summed E-state index contributed by atoms with van der Waals surface area (Å²) >= 11 is 0. The van der Waals surface area contributed by atoms with E-state index in [1.165, 1.54) is 37.4 Å². The van der Waals surface area contributed by atoms with Crippen LogP contribution in [0.2, 0.25) is 0 Å². The van der Waals surface area contributed by atoms with Gasteiger partial charge in [-0.15, -0.1) is 0 Å². The molecule has 0 unspecified atom stereocenters. The first-order valence-corrected chi connectivity index (χ1v) is 8.24. The van der Waals surface area contributed by atoms with Crippen LogP contribution in [0.3, 0.4) is 0 Å². The highest BCUT2D eigenvalue weighted by molar-refractivity contribution is 6.04. The summed E-state index contributed by atoms with van der Waals surface area (Å²) in [6.45, 7) is 4.09. The number of amides is 1. The quantitative estimate of drug-likeness (QED) is 0.719. The first kappa shape index (κ1) is 20.1. The molecule has 0 saturated carbocycles. The third kappa shape index (κ3) is 5.38. The fourth-order valence-corrected chi connectivity index (χ4v) is 2.21. The van der Waals surface area contributed by atoms with Crippen LogP contribution in [-0.4, -0.2) is 46.6 Å². The average Bonchev–Trinajstić information content (AvgIpc) is 2.61. The SMILES string of the molecule is COCCn1nc(C(=O)Nc2cc(C(=O)O)ccc2OC(C)C)ccc1=O. The number of rotatable bonds is 8. The monoisotopic (exact) mass is 375 g/mol. The van der Waals surface area contributed by atoms with Crippen molar-refractivity contribution in [3.8, 4) is 5.75 Å². The molecule has 0 radical (unpaired) electrons. The number of aromatic carboxylic acids is 1. The molecule has 2 aromatic rings. The largest absolute Gasteiger partial charge is 0.489 e. The molecular formula is C18H21N3O6. The van der Waals surface area contributed by atoms with Gasteiger partial charge in [-0.1, -0.05) is 0 Å².